The molecule has 0 saturated heterocycles. The second kappa shape index (κ2) is 7.15. The number of aliphatic hydroxyl groups is 1. The molecule has 0 aliphatic rings. The van der Waals surface area contributed by atoms with Gasteiger partial charge in [0.1, 0.15) is 5.60 Å². The van der Waals surface area contributed by atoms with Gasteiger partial charge in [-0.05, 0) is 40.3 Å². The number of hydrogen-bond donors (Lipinski definition) is 1. The van der Waals surface area contributed by atoms with Crippen molar-refractivity contribution >= 4 is 10.8 Å². The summed E-state index contributed by atoms with van der Waals surface area (Å²) in [6.07, 6.45) is 1.45. The van der Waals surface area contributed by atoms with Crippen molar-refractivity contribution in [1.82, 2.24) is 0 Å². The quantitative estimate of drug-likeness (QED) is 0.494. The Bertz CT molecular complexity index is 950. The Morgan fingerprint density at radius 1 is 0.577 bits per heavy atom. The van der Waals surface area contributed by atoms with Crippen molar-refractivity contribution in [2.75, 3.05) is 0 Å². The van der Waals surface area contributed by atoms with Crippen LogP contribution in [0.5, 0.6) is 0 Å². The summed E-state index contributed by atoms with van der Waals surface area (Å²) in [5.41, 5.74) is 2.13. The van der Waals surface area contributed by atoms with Crippen LogP contribution >= 0.6 is 0 Å². The van der Waals surface area contributed by atoms with Gasteiger partial charge in [-0.3, -0.25) is 0 Å². The number of rotatable bonds is 5. The lowest BCUT2D eigenvalue weighted by Crippen LogP contribution is -2.28. The van der Waals surface area contributed by atoms with Gasteiger partial charge in [-0.2, -0.15) is 0 Å². The molecule has 0 heterocycles. The summed E-state index contributed by atoms with van der Waals surface area (Å²) in [6, 6.07) is 34.9. The Kier molecular flexibility index (Phi) is 4.55. The van der Waals surface area contributed by atoms with Crippen LogP contribution in [0.15, 0.2) is 103 Å². The molecule has 0 aromatic heterocycles. The molecule has 0 saturated carbocycles. The minimum atomic E-state index is -0.992. The van der Waals surface area contributed by atoms with Crippen LogP contribution < -0.4 is 0 Å². The largest absolute Gasteiger partial charge is 0.380 e. The standard InChI is InChI=1S/C25H22O/c26-25(23-11-3-1-4-12-23,24-13-5-2-6-14-24)18-17-20-15-16-21-9-7-8-10-22(21)19-20/h1-16,19,26H,17-18H2. The van der Waals surface area contributed by atoms with E-state index in [1.165, 1.54) is 16.3 Å². The summed E-state index contributed by atoms with van der Waals surface area (Å²) in [4.78, 5) is 0. The summed E-state index contributed by atoms with van der Waals surface area (Å²) in [6.45, 7) is 0. The fraction of sp³-hybridized carbons (Fsp3) is 0.120. The fourth-order valence-electron chi connectivity index (χ4n) is 3.60. The molecule has 1 N–H and O–H groups in total. The third kappa shape index (κ3) is 3.26. The van der Waals surface area contributed by atoms with E-state index in [1.54, 1.807) is 0 Å². The molecule has 1 heteroatoms. The van der Waals surface area contributed by atoms with Crippen LogP contribution in [-0.4, -0.2) is 5.11 Å². The molecule has 0 unspecified atom stereocenters. The lowest BCUT2D eigenvalue weighted by molar-refractivity contribution is 0.0713. The van der Waals surface area contributed by atoms with Crippen molar-refractivity contribution in [3.63, 3.8) is 0 Å². The van der Waals surface area contributed by atoms with Crippen molar-refractivity contribution in [3.8, 4) is 0 Å². The monoisotopic (exact) mass is 338 g/mol. The molecule has 0 aliphatic carbocycles. The highest BCUT2D eigenvalue weighted by Gasteiger charge is 2.30. The third-order valence-corrected chi connectivity index (χ3v) is 5.09. The third-order valence-electron chi connectivity index (χ3n) is 5.09. The highest BCUT2D eigenvalue weighted by molar-refractivity contribution is 5.82. The van der Waals surface area contributed by atoms with Gasteiger partial charge in [0.25, 0.3) is 0 Å². The van der Waals surface area contributed by atoms with Crippen LogP contribution in [0.25, 0.3) is 10.8 Å². The van der Waals surface area contributed by atoms with Crippen LogP contribution in [0.2, 0.25) is 0 Å². The van der Waals surface area contributed by atoms with Gasteiger partial charge in [0.2, 0.25) is 0 Å². The minimum absolute atomic E-state index is 0.638. The molecule has 0 fully saturated rings. The molecule has 26 heavy (non-hydrogen) atoms. The fourth-order valence-corrected chi connectivity index (χ4v) is 3.60. The van der Waals surface area contributed by atoms with E-state index in [0.29, 0.717) is 6.42 Å². The van der Waals surface area contributed by atoms with Crippen LogP contribution in [0.4, 0.5) is 0 Å². The molecule has 4 aromatic rings. The van der Waals surface area contributed by atoms with Crippen LogP contribution in [-0.2, 0) is 12.0 Å². The Hall–Kier alpha value is -2.90. The molecule has 0 amide bonds. The van der Waals surface area contributed by atoms with Gasteiger partial charge in [-0.1, -0.05) is 103 Å². The Morgan fingerprint density at radius 2 is 1.12 bits per heavy atom. The molecule has 0 bridgehead atoms. The molecule has 0 radical (unpaired) electrons. The molecular weight excluding hydrogens is 316 g/mol. The average Bonchev–Trinajstić information content (AvgIpc) is 2.73. The minimum Gasteiger partial charge on any atom is -0.380 e. The van der Waals surface area contributed by atoms with Gasteiger partial charge >= 0.3 is 0 Å². The van der Waals surface area contributed by atoms with Crippen molar-refractivity contribution in [3.05, 3.63) is 120 Å². The summed E-state index contributed by atoms with van der Waals surface area (Å²) >= 11 is 0. The highest BCUT2D eigenvalue weighted by Crippen LogP contribution is 2.34. The highest BCUT2D eigenvalue weighted by atomic mass is 16.3. The van der Waals surface area contributed by atoms with Crippen LogP contribution in [0.3, 0.4) is 0 Å². The zero-order valence-electron chi connectivity index (χ0n) is 14.7. The zero-order valence-corrected chi connectivity index (χ0v) is 14.7. The second-order valence-electron chi connectivity index (χ2n) is 6.77. The van der Waals surface area contributed by atoms with Crippen molar-refractivity contribution in [1.29, 1.82) is 0 Å². The summed E-state index contributed by atoms with van der Waals surface area (Å²) in [5.74, 6) is 0. The van der Waals surface area contributed by atoms with Crippen molar-refractivity contribution in [2.45, 2.75) is 18.4 Å². The first-order chi connectivity index (χ1) is 12.8. The maximum absolute atomic E-state index is 11.6. The van der Waals surface area contributed by atoms with Gasteiger partial charge in [-0.25, -0.2) is 0 Å². The van der Waals surface area contributed by atoms with Gasteiger partial charge in [0.05, 0.1) is 0 Å². The molecule has 4 aromatic carbocycles. The summed E-state index contributed by atoms with van der Waals surface area (Å²) in [7, 11) is 0. The lowest BCUT2D eigenvalue weighted by atomic mass is 9.81. The molecule has 1 nitrogen and oxygen atoms in total. The van der Waals surface area contributed by atoms with E-state index < -0.39 is 5.60 Å². The first kappa shape index (κ1) is 16.6. The topological polar surface area (TPSA) is 20.2 Å². The Labute approximate surface area is 154 Å². The Morgan fingerprint density at radius 3 is 1.73 bits per heavy atom. The zero-order chi connectivity index (χ0) is 17.8. The van der Waals surface area contributed by atoms with E-state index in [9.17, 15) is 5.11 Å². The number of benzene rings is 4. The molecule has 0 spiro atoms. The molecule has 0 atom stereocenters. The van der Waals surface area contributed by atoms with Crippen LogP contribution in [0.1, 0.15) is 23.1 Å². The number of fused-ring (bicyclic) bond motifs is 1. The molecule has 4 rings (SSSR count). The van der Waals surface area contributed by atoms with Gasteiger partial charge < -0.3 is 5.11 Å². The van der Waals surface area contributed by atoms with E-state index in [-0.39, 0.29) is 0 Å². The van der Waals surface area contributed by atoms with E-state index in [4.69, 9.17) is 0 Å². The normalized spacial score (nSPS) is 11.6. The first-order valence-electron chi connectivity index (χ1n) is 9.07. The molecule has 128 valence electrons. The predicted molar refractivity (Wildman–Crippen MR) is 108 cm³/mol. The number of aryl methyl sites for hydroxylation is 1. The second-order valence-corrected chi connectivity index (χ2v) is 6.77. The van der Waals surface area contributed by atoms with E-state index >= 15 is 0 Å². The van der Waals surface area contributed by atoms with E-state index in [2.05, 4.69) is 42.5 Å². The van der Waals surface area contributed by atoms with Gasteiger partial charge in [0, 0.05) is 0 Å². The first-order valence-corrected chi connectivity index (χ1v) is 9.07. The van der Waals surface area contributed by atoms with Crippen molar-refractivity contribution in [2.24, 2.45) is 0 Å². The summed E-state index contributed by atoms with van der Waals surface area (Å²) < 4.78 is 0. The van der Waals surface area contributed by atoms with E-state index in [1.807, 2.05) is 60.7 Å². The molecule has 0 aliphatic heterocycles. The lowest BCUT2D eigenvalue weighted by Gasteiger charge is -2.29. The van der Waals surface area contributed by atoms with Crippen LogP contribution in [0, 0.1) is 0 Å². The predicted octanol–water partition coefficient (Wildman–Crippen LogP) is 5.71. The average molecular weight is 338 g/mol. The summed E-state index contributed by atoms with van der Waals surface area (Å²) in [5, 5.41) is 14.1. The SMILES string of the molecule is OC(CCc1ccc2ccccc2c1)(c1ccccc1)c1ccccc1. The van der Waals surface area contributed by atoms with E-state index in [0.717, 1.165) is 17.5 Å². The smallest absolute Gasteiger partial charge is 0.115 e. The van der Waals surface area contributed by atoms with Crippen molar-refractivity contribution < 1.29 is 5.11 Å². The van der Waals surface area contributed by atoms with Gasteiger partial charge in [-0.15, -0.1) is 0 Å². The number of hydrogen-bond acceptors (Lipinski definition) is 1. The molecular formula is C25H22O. The maximum Gasteiger partial charge on any atom is 0.115 e. The maximum atomic E-state index is 11.6. The Balaban J connectivity index is 1.66. The van der Waals surface area contributed by atoms with Gasteiger partial charge in [0.15, 0.2) is 0 Å².